The normalized spacial score (nSPS) is 13.5. The summed E-state index contributed by atoms with van der Waals surface area (Å²) in [5.41, 5.74) is 3.61. The van der Waals surface area contributed by atoms with Gasteiger partial charge in [0, 0.05) is 0 Å². The van der Waals surface area contributed by atoms with Crippen molar-refractivity contribution >= 4 is 39.6 Å². The van der Waals surface area contributed by atoms with Crippen LogP contribution < -0.4 is 0 Å². The molecular weight excluding hydrogens is 264 g/mol. The van der Waals surface area contributed by atoms with Crippen LogP contribution >= 0.6 is 15.3 Å². The van der Waals surface area contributed by atoms with Crippen molar-refractivity contribution in [2.45, 2.75) is 6.55 Å². The quantitative estimate of drug-likeness (QED) is 0.571. The van der Waals surface area contributed by atoms with Gasteiger partial charge in [0.05, 0.1) is 0 Å². The van der Waals surface area contributed by atoms with Gasteiger partial charge in [-0.2, -0.15) is 0 Å². The van der Waals surface area contributed by atoms with E-state index in [0.29, 0.717) is 0 Å². The third-order valence-electron chi connectivity index (χ3n) is 2.36. The number of fused-ring (bicyclic) bond motifs is 1. The van der Waals surface area contributed by atoms with E-state index in [1.54, 1.807) is 0 Å². The lowest BCUT2D eigenvalue weighted by Crippen LogP contribution is -1.87. The maximum absolute atomic E-state index is 3.65. The van der Waals surface area contributed by atoms with Crippen LogP contribution in [-0.2, 0) is 0 Å². The third kappa shape index (κ3) is 2.58. The molecule has 2 heteroatoms. The molecule has 2 rings (SSSR count). The highest BCUT2D eigenvalue weighted by Crippen LogP contribution is 2.19. The highest BCUT2D eigenvalue weighted by atomic mass is 79.9. The zero-order valence-electron chi connectivity index (χ0n) is 8.65. The monoisotopic (exact) mass is 276 g/mol. The van der Waals surface area contributed by atoms with Gasteiger partial charge in [-0.25, -0.2) is 0 Å². The molecule has 15 heavy (non-hydrogen) atoms. The van der Waals surface area contributed by atoms with E-state index in [1.165, 1.54) is 16.3 Å². The van der Waals surface area contributed by atoms with E-state index in [9.17, 15) is 0 Å². The summed E-state index contributed by atoms with van der Waals surface area (Å²) in [7, 11) is -0.789. The molecule has 1 atom stereocenters. The van der Waals surface area contributed by atoms with E-state index in [-0.39, 0.29) is 0 Å². The Hall–Kier alpha value is -0.863. The molecule has 0 fully saturated rings. The van der Waals surface area contributed by atoms with Crippen molar-refractivity contribution < 1.29 is 0 Å². The van der Waals surface area contributed by atoms with Gasteiger partial charge < -0.3 is 0 Å². The summed E-state index contributed by atoms with van der Waals surface area (Å²) in [6, 6.07) is 14.9. The first-order valence-electron chi connectivity index (χ1n) is 5.07. The Kier molecular flexibility index (Phi) is 3.39. The Balaban J connectivity index is 2.51. The molecule has 0 spiro atoms. The zero-order valence-corrected chi connectivity index (χ0v) is 11.4. The van der Waals surface area contributed by atoms with Crippen molar-refractivity contribution in [1.29, 1.82) is 0 Å². The minimum atomic E-state index is -0.789. The maximum Gasteiger partial charge on any atom is 0.134 e. The van der Waals surface area contributed by atoms with Crippen molar-refractivity contribution in [1.82, 2.24) is 0 Å². The Bertz CT molecular complexity index is 483. The van der Waals surface area contributed by atoms with Crippen LogP contribution in [0.3, 0.4) is 0 Å². The Labute approximate surface area is 99.8 Å². The molecule has 2 aromatic rings. The van der Waals surface area contributed by atoms with Crippen molar-refractivity contribution in [2.75, 3.05) is 0 Å². The highest BCUT2D eigenvalue weighted by molar-refractivity contribution is 9.24. The van der Waals surface area contributed by atoms with Crippen molar-refractivity contribution in [3.8, 4) is 0 Å². The SMILES string of the molecule is C[SiH](Br)C=Cc1cccc2ccccc12. The van der Waals surface area contributed by atoms with Gasteiger partial charge in [0.25, 0.3) is 0 Å². The summed E-state index contributed by atoms with van der Waals surface area (Å²) in [6.45, 7) is 2.25. The van der Waals surface area contributed by atoms with Crippen LogP contribution in [0.2, 0.25) is 6.55 Å². The number of hydrogen-bond acceptors (Lipinski definition) is 0. The molecule has 0 saturated carbocycles. The first-order valence-corrected chi connectivity index (χ1v) is 10.1. The summed E-state index contributed by atoms with van der Waals surface area (Å²) in [5, 5.41) is 2.64. The lowest BCUT2D eigenvalue weighted by molar-refractivity contribution is 1.71. The number of hydrogen-bond donors (Lipinski definition) is 0. The minimum Gasteiger partial charge on any atom is -0.126 e. The standard InChI is InChI=1S/C13H13BrSi/c1-15(14)10-9-12-7-4-6-11-5-2-3-8-13(11)12/h2-10,15H,1H3. The maximum atomic E-state index is 3.65. The van der Waals surface area contributed by atoms with E-state index < -0.39 is 7.42 Å². The summed E-state index contributed by atoms with van der Waals surface area (Å²) in [5.74, 6) is 0. The molecule has 76 valence electrons. The fourth-order valence-corrected chi connectivity index (χ4v) is 2.56. The van der Waals surface area contributed by atoms with Crippen LogP contribution in [0.1, 0.15) is 5.56 Å². The third-order valence-corrected chi connectivity index (χ3v) is 4.00. The van der Waals surface area contributed by atoms with Gasteiger partial charge in [0.2, 0.25) is 0 Å². The summed E-state index contributed by atoms with van der Waals surface area (Å²) in [4.78, 5) is 0. The molecule has 0 aliphatic heterocycles. The largest absolute Gasteiger partial charge is 0.134 e. The van der Waals surface area contributed by atoms with E-state index in [1.807, 2.05) is 0 Å². The first-order chi connectivity index (χ1) is 7.27. The molecule has 0 saturated heterocycles. The molecule has 0 amide bonds. The van der Waals surface area contributed by atoms with Crippen LogP contribution in [0.25, 0.3) is 16.8 Å². The molecule has 0 heterocycles. The van der Waals surface area contributed by atoms with Gasteiger partial charge in [0.1, 0.15) is 7.42 Å². The molecular formula is C13H13BrSi. The van der Waals surface area contributed by atoms with Crippen LogP contribution in [0.4, 0.5) is 0 Å². The Morgan fingerprint density at radius 1 is 1.07 bits per heavy atom. The van der Waals surface area contributed by atoms with Gasteiger partial charge in [-0.1, -0.05) is 60.8 Å². The van der Waals surface area contributed by atoms with E-state index >= 15 is 0 Å². The second-order valence-electron chi connectivity index (χ2n) is 3.61. The number of benzene rings is 2. The molecule has 0 aliphatic carbocycles. The van der Waals surface area contributed by atoms with Crippen LogP contribution in [0.15, 0.2) is 48.2 Å². The summed E-state index contributed by atoms with van der Waals surface area (Å²) >= 11 is 3.65. The van der Waals surface area contributed by atoms with Crippen LogP contribution in [-0.4, -0.2) is 7.42 Å². The van der Waals surface area contributed by atoms with Gasteiger partial charge in [-0.3, -0.25) is 0 Å². The Morgan fingerprint density at radius 2 is 1.80 bits per heavy atom. The van der Waals surface area contributed by atoms with E-state index in [2.05, 4.69) is 76.1 Å². The minimum absolute atomic E-state index is 0.789. The fourth-order valence-electron chi connectivity index (χ4n) is 1.63. The molecule has 0 N–H and O–H groups in total. The summed E-state index contributed by atoms with van der Waals surface area (Å²) in [6.07, 6.45) is 2.23. The lowest BCUT2D eigenvalue weighted by atomic mass is 10.1. The lowest BCUT2D eigenvalue weighted by Gasteiger charge is -2.01. The molecule has 2 aromatic carbocycles. The Morgan fingerprint density at radius 3 is 2.60 bits per heavy atom. The van der Waals surface area contributed by atoms with E-state index in [0.717, 1.165) is 0 Å². The van der Waals surface area contributed by atoms with Gasteiger partial charge in [0.15, 0.2) is 0 Å². The smallest absolute Gasteiger partial charge is 0.126 e. The zero-order chi connectivity index (χ0) is 10.7. The molecule has 0 bridgehead atoms. The molecule has 0 aliphatic rings. The first kappa shape index (κ1) is 10.6. The average molecular weight is 277 g/mol. The average Bonchev–Trinajstić information content (AvgIpc) is 2.26. The summed E-state index contributed by atoms with van der Waals surface area (Å²) < 4.78 is 0. The van der Waals surface area contributed by atoms with Crippen LogP contribution in [0, 0.1) is 0 Å². The molecule has 1 unspecified atom stereocenters. The van der Waals surface area contributed by atoms with Gasteiger partial charge in [-0.05, 0) is 16.3 Å². The van der Waals surface area contributed by atoms with Gasteiger partial charge >= 0.3 is 0 Å². The second kappa shape index (κ2) is 4.77. The molecule has 0 aromatic heterocycles. The fraction of sp³-hybridized carbons (Fsp3) is 0.0769. The highest BCUT2D eigenvalue weighted by Gasteiger charge is 1.96. The van der Waals surface area contributed by atoms with Gasteiger partial charge in [-0.15, -0.1) is 15.3 Å². The number of halogens is 1. The van der Waals surface area contributed by atoms with Crippen molar-refractivity contribution in [3.63, 3.8) is 0 Å². The molecule has 0 nitrogen and oxygen atoms in total. The number of rotatable bonds is 2. The second-order valence-corrected chi connectivity index (χ2v) is 9.68. The van der Waals surface area contributed by atoms with E-state index in [4.69, 9.17) is 0 Å². The molecule has 0 radical (unpaired) electrons. The van der Waals surface area contributed by atoms with Crippen LogP contribution in [0.5, 0.6) is 0 Å². The van der Waals surface area contributed by atoms with Crippen molar-refractivity contribution in [3.05, 3.63) is 53.7 Å². The van der Waals surface area contributed by atoms with Crippen molar-refractivity contribution in [2.24, 2.45) is 0 Å². The predicted octanol–water partition coefficient (Wildman–Crippen LogP) is 4.14. The topological polar surface area (TPSA) is 0 Å². The predicted molar refractivity (Wildman–Crippen MR) is 74.9 cm³/mol.